The maximum atomic E-state index is 4.00. The van der Waals surface area contributed by atoms with Gasteiger partial charge >= 0.3 is 28.3 Å². The van der Waals surface area contributed by atoms with E-state index in [0.29, 0.717) is 24.2 Å². The van der Waals surface area contributed by atoms with E-state index in [9.17, 15) is 0 Å². The summed E-state index contributed by atoms with van der Waals surface area (Å²) in [6, 6.07) is 19.3. The van der Waals surface area contributed by atoms with E-state index in [4.69, 9.17) is 0 Å². The number of para-hydroxylation sites is 4. The standard InChI is InChI=1S/C25H39N3.BrH.Cu/c1-18(2)27(19(3)4)24-16-12-10-14-22(24)26(9)23-15-11-13-17-25(23)28(20(5)6)21(7)8;;/h10-21H,1-9H3;1H;/q;;+1/p-1. The second-order valence-electron chi connectivity index (χ2n) is 8.73. The molecule has 3 nitrogen and oxygen atoms in total. The van der Waals surface area contributed by atoms with Crippen LogP contribution in [0.5, 0.6) is 0 Å². The van der Waals surface area contributed by atoms with E-state index in [1.54, 1.807) is 0 Å². The molecule has 0 fully saturated rings. The molecule has 30 heavy (non-hydrogen) atoms. The Hall–Kier alpha value is -1.16. The summed E-state index contributed by atoms with van der Waals surface area (Å²) >= 11 is 6.50. The Bertz CT molecular complexity index is 682. The van der Waals surface area contributed by atoms with Crippen molar-refractivity contribution in [1.82, 2.24) is 0 Å². The van der Waals surface area contributed by atoms with Crippen molar-refractivity contribution in [1.29, 1.82) is 0 Å². The van der Waals surface area contributed by atoms with E-state index in [1.807, 2.05) is 0 Å². The molecule has 172 valence electrons. The van der Waals surface area contributed by atoms with Gasteiger partial charge in [-0.25, -0.2) is 0 Å². The predicted octanol–water partition coefficient (Wildman–Crippen LogP) is 7.54. The van der Waals surface area contributed by atoms with Gasteiger partial charge < -0.3 is 14.7 Å². The third kappa shape index (κ3) is 6.42. The summed E-state index contributed by atoms with van der Waals surface area (Å²) in [5.41, 5.74) is 5.05. The molecule has 0 amide bonds. The van der Waals surface area contributed by atoms with Crippen LogP contribution in [0.25, 0.3) is 0 Å². The molecular weight excluding hydrogens is 486 g/mol. The molecule has 0 heterocycles. The Balaban J connectivity index is 0.00000218. The van der Waals surface area contributed by atoms with Gasteiger partial charge in [0, 0.05) is 31.2 Å². The molecule has 0 atom stereocenters. The van der Waals surface area contributed by atoms with E-state index >= 15 is 0 Å². The van der Waals surface area contributed by atoms with Crippen LogP contribution in [0, 0.1) is 0 Å². The first-order chi connectivity index (χ1) is 14.2. The number of rotatable bonds is 8. The summed E-state index contributed by atoms with van der Waals surface area (Å²) < 4.78 is 0. The van der Waals surface area contributed by atoms with Gasteiger partial charge in [-0.05, 0) is 79.7 Å². The van der Waals surface area contributed by atoms with Gasteiger partial charge in [0.15, 0.2) is 0 Å². The number of anilines is 4. The van der Waals surface area contributed by atoms with Crippen LogP contribution in [-0.4, -0.2) is 31.2 Å². The van der Waals surface area contributed by atoms with E-state index in [2.05, 4.69) is 154 Å². The monoisotopic (exact) mass is 523 g/mol. The summed E-state index contributed by atoms with van der Waals surface area (Å²) in [5, 5.41) is 0. The fraction of sp³-hybridized carbons (Fsp3) is 0.520. The Morgan fingerprint density at radius 2 is 0.767 bits per heavy atom. The maximum absolute atomic E-state index is 4.00. The van der Waals surface area contributed by atoms with Crippen LogP contribution in [0.4, 0.5) is 22.7 Å². The molecule has 0 spiro atoms. The van der Waals surface area contributed by atoms with Gasteiger partial charge in [0.2, 0.25) is 0 Å². The SMILES string of the molecule is CC(C)N(c1ccccc1N(C)c1ccccc1N(C(C)C)C(C)C)C(C)C.[Cu][Br]. The van der Waals surface area contributed by atoms with Crippen molar-refractivity contribution in [3.8, 4) is 0 Å². The minimum atomic E-state index is 0.438. The summed E-state index contributed by atoms with van der Waals surface area (Å²) in [5.74, 6) is 0. The molecule has 2 aromatic carbocycles. The van der Waals surface area contributed by atoms with Gasteiger partial charge in [0.1, 0.15) is 0 Å². The summed E-state index contributed by atoms with van der Waals surface area (Å²) in [4.78, 5) is 7.34. The molecule has 0 aliphatic heterocycles. The van der Waals surface area contributed by atoms with Gasteiger partial charge in [0.05, 0.1) is 22.7 Å². The van der Waals surface area contributed by atoms with Gasteiger partial charge in [-0.1, -0.05) is 24.3 Å². The van der Waals surface area contributed by atoms with Crippen molar-refractivity contribution in [2.75, 3.05) is 21.7 Å². The zero-order valence-electron chi connectivity index (χ0n) is 19.9. The molecule has 2 rings (SSSR count). The van der Waals surface area contributed by atoms with Crippen molar-refractivity contribution in [2.45, 2.75) is 79.6 Å². The average molecular weight is 525 g/mol. The molecule has 0 N–H and O–H groups in total. The second-order valence-corrected chi connectivity index (χ2v) is 8.73. The fourth-order valence-corrected chi connectivity index (χ4v) is 4.37. The minimum absolute atomic E-state index is 0.438. The molecule has 2 aromatic rings. The van der Waals surface area contributed by atoms with Crippen molar-refractivity contribution in [3.05, 3.63) is 48.5 Å². The van der Waals surface area contributed by atoms with E-state index < -0.39 is 0 Å². The third-order valence-electron chi connectivity index (χ3n) is 5.27. The van der Waals surface area contributed by atoms with Crippen molar-refractivity contribution >= 4 is 36.9 Å². The second kappa shape index (κ2) is 12.6. The molecule has 0 bridgehead atoms. The zero-order chi connectivity index (χ0) is 23.0. The zero-order valence-corrected chi connectivity index (χ0v) is 22.5. The van der Waals surface area contributed by atoms with Gasteiger partial charge in [0.25, 0.3) is 0 Å². The van der Waals surface area contributed by atoms with Crippen LogP contribution < -0.4 is 14.7 Å². The van der Waals surface area contributed by atoms with E-state index in [-0.39, 0.29) is 0 Å². The van der Waals surface area contributed by atoms with E-state index in [0.717, 1.165) is 0 Å². The third-order valence-corrected chi connectivity index (χ3v) is 5.27. The number of nitrogens with zero attached hydrogens (tertiary/aromatic N) is 3. The van der Waals surface area contributed by atoms with Crippen molar-refractivity contribution in [2.24, 2.45) is 0 Å². The number of halogens is 1. The Labute approximate surface area is 200 Å². The Morgan fingerprint density at radius 3 is 1.00 bits per heavy atom. The Morgan fingerprint density at radius 1 is 0.533 bits per heavy atom. The Kier molecular flexibility index (Phi) is 11.3. The van der Waals surface area contributed by atoms with Crippen LogP contribution in [0.1, 0.15) is 55.4 Å². The fourth-order valence-electron chi connectivity index (χ4n) is 4.37. The molecule has 0 radical (unpaired) electrons. The molecule has 0 saturated carbocycles. The summed E-state index contributed by atoms with van der Waals surface area (Å²) in [6.07, 6.45) is 0. The van der Waals surface area contributed by atoms with Crippen molar-refractivity contribution in [3.63, 3.8) is 0 Å². The van der Waals surface area contributed by atoms with Gasteiger partial charge in [-0.15, -0.1) is 0 Å². The number of hydrogen-bond donors (Lipinski definition) is 0. The normalized spacial score (nSPS) is 11.1. The van der Waals surface area contributed by atoms with Crippen LogP contribution in [0.15, 0.2) is 48.5 Å². The van der Waals surface area contributed by atoms with Crippen molar-refractivity contribution < 1.29 is 14.2 Å². The van der Waals surface area contributed by atoms with Crippen LogP contribution >= 0.6 is 14.1 Å². The first-order valence-corrected chi connectivity index (χ1v) is 13.1. The molecular formula is C25H39BrCuN3. The van der Waals surface area contributed by atoms with Gasteiger partial charge in [-0.3, -0.25) is 0 Å². The van der Waals surface area contributed by atoms with Crippen LogP contribution in [0.3, 0.4) is 0 Å². The molecule has 0 aliphatic carbocycles. The molecule has 0 saturated heterocycles. The molecule has 0 aromatic heterocycles. The van der Waals surface area contributed by atoms with Crippen LogP contribution in [-0.2, 0) is 14.2 Å². The van der Waals surface area contributed by atoms with Crippen LogP contribution in [0.2, 0.25) is 0 Å². The quantitative estimate of drug-likeness (QED) is 0.330. The van der Waals surface area contributed by atoms with E-state index in [1.165, 1.54) is 22.7 Å². The molecule has 0 aliphatic rings. The predicted molar refractivity (Wildman–Crippen MR) is 135 cm³/mol. The summed E-state index contributed by atoms with van der Waals surface area (Å²) in [7, 11) is 2.19. The first-order valence-electron chi connectivity index (χ1n) is 10.8. The summed E-state index contributed by atoms with van der Waals surface area (Å²) in [6.45, 7) is 18.1. The van der Waals surface area contributed by atoms with Gasteiger partial charge in [-0.2, -0.15) is 0 Å². The number of hydrogen-bond acceptors (Lipinski definition) is 3. The number of benzene rings is 2. The molecule has 5 heteroatoms. The molecule has 0 unspecified atom stereocenters. The average Bonchev–Trinajstić information content (AvgIpc) is 2.69. The first kappa shape index (κ1) is 26.9. The topological polar surface area (TPSA) is 9.72 Å².